The molecule has 0 aliphatic carbocycles. The highest BCUT2D eigenvalue weighted by Crippen LogP contribution is 2.44. The minimum Gasteiger partial charge on any atom is -0.256 e. The fourth-order valence-corrected chi connectivity index (χ4v) is 19.3. The van der Waals surface area contributed by atoms with Crippen molar-refractivity contribution in [2.75, 3.05) is 0 Å². The summed E-state index contributed by atoms with van der Waals surface area (Å²) in [6.45, 7) is 0. The summed E-state index contributed by atoms with van der Waals surface area (Å²) in [6, 6.07) is 143. The van der Waals surface area contributed by atoms with E-state index in [1.165, 1.54) is 105 Å². The molecule has 23 rings (SSSR count). The number of rotatable bonds is 11. The van der Waals surface area contributed by atoms with E-state index >= 15 is 0 Å². The molecule has 23 aromatic rings. The number of aromatic nitrogens is 6. The zero-order valence-electron chi connectivity index (χ0n) is 63.2. The Bertz CT molecular complexity index is 7600. The van der Waals surface area contributed by atoms with E-state index in [9.17, 15) is 0 Å². The van der Waals surface area contributed by atoms with Crippen molar-refractivity contribution in [2.24, 2.45) is 0 Å². The van der Waals surface area contributed by atoms with E-state index in [-0.39, 0.29) is 0 Å². The first kappa shape index (κ1) is 70.3. The van der Waals surface area contributed by atoms with Crippen LogP contribution in [0.15, 0.2) is 413 Å². The number of fused-ring (bicyclic) bond motifs is 12. The van der Waals surface area contributed by atoms with Crippen molar-refractivity contribution in [1.29, 1.82) is 0 Å². The third-order valence-electron chi connectivity index (χ3n) is 21.9. The summed E-state index contributed by atoms with van der Waals surface area (Å²) in [6.07, 6.45) is 1.84. The number of thiophene rings is 3. The number of nitrogens with zero attached hydrogens (tertiary/aromatic N) is 6. The van der Waals surface area contributed by atoms with Crippen LogP contribution in [0.2, 0.25) is 0 Å². The lowest BCUT2D eigenvalue weighted by molar-refractivity contribution is 1.23. The molecular weight excluding hydrogens is 1480 g/mol. The highest BCUT2D eigenvalue weighted by molar-refractivity contribution is 7.26. The minimum absolute atomic E-state index is 0.746. The molecule has 0 atom stereocenters. The molecule has 0 spiro atoms. The van der Waals surface area contributed by atoms with Gasteiger partial charge in [-0.25, -0.2) is 24.9 Å². The molecule has 0 fully saturated rings. The Morgan fingerprint density at radius 3 is 0.974 bits per heavy atom. The van der Waals surface area contributed by atoms with Crippen molar-refractivity contribution in [3.05, 3.63) is 413 Å². The number of pyridine rings is 2. The van der Waals surface area contributed by atoms with E-state index in [2.05, 4.69) is 339 Å². The molecule has 0 amide bonds. The maximum absolute atomic E-state index is 5.27. The maximum atomic E-state index is 5.27. The van der Waals surface area contributed by atoms with Gasteiger partial charge in [-0.05, 0) is 171 Å². The fourth-order valence-electron chi connectivity index (χ4n) is 16.0. The molecule has 0 aliphatic heterocycles. The second-order valence-electron chi connectivity index (χ2n) is 29.2. The van der Waals surface area contributed by atoms with Gasteiger partial charge in [0, 0.05) is 111 Å². The smallest absolute Gasteiger partial charge is 0.160 e. The molecule has 16 aromatic carbocycles. The highest BCUT2D eigenvalue weighted by atomic mass is 32.1. The Kier molecular flexibility index (Phi) is 18.5. The molecule has 0 saturated carbocycles. The molecule has 9 heteroatoms. The van der Waals surface area contributed by atoms with Gasteiger partial charge in [-0.1, -0.05) is 291 Å². The SMILES string of the molecule is c1ccc(-c2cc(-c3ccccc3)cc(-c3nc4ccccc4nc3-c3ccc(-c4ccc5sc6ccccc6c5c4)cc3)c2)cc1.c1ccc(-c2nc(-c3ccc(-c4ccc5sc6ccccc6c5c4)cc3)cc3ncccc23)cc1.c1ccc(-c2nc(-c3ccccc3)c3cc(-c4ccc5sc6ccccc6c5c4)ccc3n2)cc1. The lowest BCUT2D eigenvalue weighted by Gasteiger charge is -2.15. The first-order valence-corrected chi connectivity index (χ1v) is 41.6. The summed E-state index contributed by atoms with van der Waals surface area (Å²) in [5.74, 6) is 0.746. The Morgan fingerprint density at radius 1 is 0.154 bits per heavy atom. The molecule has 0 unspecified atom stereocenters. The van der Waals surface area contributed by atoms with E-state index in [0.29, 0.717) is 0 Å². The Hall–Kier alpha value is -14.6. The second-order valence-corrected chi connectivity index (χ2v) is 32.4. The molecule has 0 saturated heterocycles. The van der Waals surface area contributed by atoms with Crippen LogP contribution in [0.5, 0.6) is 0 Å². The monoisotopic (exact) mass is 1540 g/mol. The Morgan fingerprint density at radius 2 is 0.487 bits per heavy atom. The summed E-state index contributed by atoms with van der Waals surface area (Å²) < 4.78 is 7.94. The summed E-state index contributed by atoms with van der Waals surface area (Å²) in [4.78, 5) is 30.2. The van der Waals surface area contributed by atoms with Crippen LogP contribution in [0.1, 0.15) is 0 Å². The molecule has 7 aromatic heterocycles. The summed E-state index contributed by atoms with van der Waals surface area (Å²) in [7, 11) is 0. The third kappa shape index (κ3) is 13.9. The van der Waals surface area contributed by atoms with Gasteiger partial charge in [0.1, 0.15) is 0 Å². The van der Waals surface area contributed by atoms with E-state index in [4.69, 9.17) is 24.9 Å². The number of benzene rings is 16. The average Bonchev–Trinajstić information content (AvgIpc) is 1.73. The maximum Gasteiger partial charge on any atom is 0.160 e. The Balaban J connectivity index is 0.000000111. The van der Waals surface area contributed by atoms with Gasteiger partial charge in [0.15, 0.2) is 5.82 Å². The predicted molar refractivity (Wildman–Crippen MR) is 497 cm³/mol. The Labute approximate surface area is 688 Å². The molecular formula is C108H68N6S3. The third-order valence-corrected chi connectivity index (χ3v) is 25.3. The van der Waals surface area contributed by atoms with E-state index < -0.39 is 0 Å². The topological polar surface area (TPSA) is 77.3 Å². The van der Waals surface area contributed by atoms with Crippen LogP contribution >= 0.6 is 34.0 Å². The summed E-state index contributed by atoms with van der Waals surface area (Å²) in [5, 5.41) is 10.0. The molecule has 7 heterocycles. The molecule has 548 valence electrons. The summed E-state index contributed by atoms with van der Waals surface area (Å²) >= 11 is 5.55. The van der Waals surface area contributed by atoms with Crippen LogP contribution in [0.3, 0.4) is 0 Å². The van der Waals surface area contributed by atoms with Gasteiger partial charge in [0.25, 0.3) is 0 Å². The van der Waals surface area contributed by atoms with Gasteiger partial charge in [-0.2, -0.15) is 0 Å². The van der Waals surface area contributed by atoms with Crippen LogP contribution in [0, 0.1) is 0 Å². The van der Waals surface area contributed by atoms with Gasteiger partial charge < -0.3 is 0 Å². The first-order chi connectivity index (χ1) is 57.9. The molecule has 6 nitrogen and oxygen atoms in total. The van der Waals surface area contributed by atoms with Gasteiger partial charge >= 0.3 is 0 Å². The van der Waals surface area contributed by atoms with Crippen molar-refractivity contribution >= 4 is 127 Å². The van der Waals surface area contributed by atoms with Crippen LogP contribution < -0.4 is 0 Å². The lowest BCUT2D eigenvalue weighted by atomic mass is 9.93. The second kappa shape index (κ2) is 30.7. The minimum atomic E-state index is 0.746. The molecule has 0 bridgehead atoms. The number of hydrogen-bond acceptors (Lipinski definition) is 9. The average molecular weight is 1550 g/mol. The lowest BCUT2D eigenvalue weighted by Crippen LogP contribution is -1.96. The predicted octanol–water partition coefficient (Wildman–Crippen LogP) is 30.3. The van der Waals surface area contributed by atoms with E-state index in [1.54, 1.807) is 0 Å². The van der Waals surface area contributed by atoms with E-state index in [0.717, 1.165) is 112 Å². The zero-order valence-corrected chi connectivity index (χ0v) is 65.6. The zero-order chi connectivity index (χ0) is 77.5. The standard InChI is InChI=1S/C44H28N2S.2C32H20N2S/c1-3-11-29(12-4-1)34-25-35(30-13-5-2-6-14-30)27-36(26-34)44-43(45-39-16-8-9-17-40(39)46-44)32-21-19-31(20-22-32)33-23-24-42-38(28-33)37-15-7-10-18-41(37)47-42;1-3-9-21(10-4-1)31-27-20-23(15-17-28(27)33-32(34-31)22-11-5-2-6-12-22)24-16-18-30-26(19-24)25-13-7-8-14-29(25)35-30;1-2-7-23(8-3-1)32-26-10-6-18-33-29(26)20-28(34-32)22-14-12-21(13-15-22)24-16-17-31-27(19-24)25-9-4-5-11-30(25)35-31/h1-28H;2*1-20H. The largest absolute Gasteiger partial charge is 0.256 e. The van der Waals surface area contributed by atoms with Gasteiger partial charge in [-0.15, -0.1) is 34.0 Å². The van der Waals surface area contributed by atoms with E-state index in [1.807, 2.05) is 113 Å². The molecule has 117 heavy (non-hydrogen) atoms. The fraction of sp³-hybridized carbons (Fsp3) is 0. The van der Waals surface area contributed by atoms with Crippen LogP contribution in [-0.4, -0.2) is 29.9 Å². The van der Waals surface area contributed by atoms with Gasteiger partial charge in [0.2, 0.25) is 0 Å². The molecule has 0 aliphatic rings. The molecule has 0 radical (unpaired) electrons. The van der Waals surface area contributed by atoms with Crippen LogP contribution in [0.25, 0.3) is 217 Å². The van der Waals surface area contributed by atoms with Gasteiger partial charge in [0.05, 0.1) is 50.5 Å². The quantitative estimate of drug-likeness (QED) is 0.128. The highest BCUT2D eigenvalue weighted by Gasteiger charge is 2.20. The van der Waals surface area contributed by atoms with Crippen molar-refractivity contribution in [1.82, 2.24) is 29.9 Å². The van der Waals surface area contributed by atoms with Crippen molar-refractivity contribution < 1.29 is 0 Å². The van der Waals surface area contributed by atoms with Crippen LogP contribution in [0.4, 0.5) is 0 Å². The number of hydrogen-bond donors (Lipinski definition) is 0. The molecule has 0 N–H and O–H groups in total. The van der Waals surface area contributed by atoms with Crippen molar-refractivity contribution in [2.45, 2.75) is 0 Å². The number of para-hydroxylation sites is 2. The van der Waals surface area contributed by atoms with Crippen molar-refractivity contribution in [3.63, 3.8) is 0 Å². The van der Waals surface area contributed by atoms with Crippen LogP contribution in [-0.2, 0) is 0 Å². The van der Waals surface area contributed by atoms with Gasteiger partial charge in [-0.3, -0.25) is 4.98 Å². The first-order valence-electron chi connectivity index (χ1n) is 39.2. The van der Waals surface area contributed by atoms with Crippen molar-refractivity contribution in [3.8, 4) is 123 Å². The summed E-state index contributed by atoms with van der Waals surface area (Å²) in [5.41, 5.74) is 26.5. The normalized spacial score (nSPS) is 11.4.